The van der Waals surface area contributed by atoms with Crippen LogP contribution in [0.3, 0.4) is 0 Å². The summed E-state index contributed by atoms with van der Waals surface area (Å²) in [6.07, 6.45) is -0.569. The van der Waals surface area contributed by atoms with E-state index in [0.717, 1.165) is 0 Å². The monoisotopic (exact) mass is 300 g/mol. The number of carbonyl (C=O) groups excluding carboxylic acids is 2. The van der Waals surface area contributed by atoms with E-state index < -0.39 is 24.1 Å². The molecule has 110 valence electrons. The maximum atomic E-state index is 11.5. The molecule has 1 rings (SSSR count). The Balaban J connectivity index is 2.71. The average molecular weight is 301 g/mol. The summed E-state index contributed by atoms with van der Waals surface area (Å²) >= 11 is 5.78. The first-order valence-corrected chi connectivity index (χ1v) is 6.36. The number of Topliss-reactive ketones (excluding diaryl/α,β-unsaturated/α-hetero) is 1. The van der Waals surface area contributed by atoms with Crippen LogP contribution in [0.25, 0.3) is 0 Å². The number of rotatable bonds is 4. The zero-order valence-corrected chi connectivity index (χ0v) is 12.3. The third-order valence-corrected chi connectivity index (χ3v) is 2.31. The molecule has 0 spiro atoms. The molecule has 0 aliphatic carbocycles. The number of aliphatic hydroxyl groups is 1. The second-order valence-electron chi connectivity index (χ2n) is 5.12. The second-order valence-corrected chi connectivity index (χ2v) is 5.51. The molecule has 0 aliphatic rings. The van der Waals surface area contributed by atoms with Gasteiger partial charge in [-0.05, 0) is 38.5 Å². The Morgan fingerprint density at radius 3 is 2.60 bits per heavy atom. The van der Waals surface area contributed by atoms with Gasteiger partial charge < -0.3 is 15.2 Å². The second kappa shape index (κ2) is 6.67. The molecule has 0 unspecified atom stereocenters. The lowest BCUT2D eigenvalue weighted by molar-refractivity contribution is 0.0523. The highest BCUT2D eigenvalue weighted by molar-refractivity contribution is 6.29. The lowest BCUT2D eigenvalue weighted by atomic mass is 10.2. The summed E-state index contributed by atoms with van der Waals surface area (Å²) in [5.41, 5.74) is 0.0616. The van der Waals surface area contributed by atoms with Gasteiger partial charge in [0.05, 0.1) is 0 Å². The Labute approximate surface area is 122 Å². The van der Waals surface area contributed by atoms with Gasteiger partial charge in [-0.2, -0.15) is 0 Å². The molecule has 0 atom stereocenters. The summed E-state index contributed by atoms with van der Waals surface area (Å²) in [5.74, 6) is -0.536. The van der Waals surface area contributed by atoms with Gasteiger partial charge in [-0.25, -0.2) is 9.78 Å². The first kappa shape index (κ1) is 16.4. The van der Waals surface area contributed by atoms with Gasteiger partial charge in [-0.3, -0.25) is 4.79 Å². The lowest BCUT2D eigenvalue weighted by Crippen LogP contribution is -2.32. The van der Waals surface area contributed by atoms with E-state index in [1.165, 1.54) is 12.1 Å². The van der Waals surface area contributed by atoms with E-state index in [0.29, 0.717) is 5.56 Å². The topological polar surface area (TPSA) is 88.5 Å². The van der Waals surface area contributed by atoms with E-state index in [4.69, 9.17) is 21.4 Å². The predicted octanol–water partition coefficient (Wildman–Crippen LogP) is 1.93. The molecule has 0 fully saturated rings. The van der Waals surface area contributed by atoms with Crippen LogP contribution in [-0.2, 0) is 11.3 Å². The van der Waals surface area contributed by atoms with E-state index >= 15 is 0 Å². The quantitative estimate of drug-likeness (QED) is 0.655. The molecule has 0 radical (unpaired) electrons. The minimum Gasteiger partial charge on any atom is -0.444 e. The van der Waals surface area contributed by atoms with Crippen molar-refractivity contribution >= 4 is 23.5 Å². The molecule has 1 aromatic rings. The maximum absolute atomic E-state index is 11.5. The van der Waals surface area contributed by atoms with Crippen LogP contribution >= 0.6 is 11.6 Å². The first-order chi connectivity index (χ1) is 9.21. The molecule has 0 aromatic carbocycles. The summed E-state index contributed by atoms with van der Waals surface area (Å²) in [7, 11) is 0. The van der Waals surface area contributed by atoms with Gasteiger partial charge >= 0.3 is 6.09 Å². The molecule has 0 saturated carbocycles. The number of ketones is 1. The molecule has 20 heavy (non-hydrogen) atoms. The third kappa shape index (κ3) is 5.54. The van der Waals surface area contributed by atoms with Crippen molar-refractivity contribution in [2.24, 2.45) is 0 Å². The predicted molar refractivity (Wildman–Crippen MR) is 73.7 cm³/mol. The van der Waals surface area contributed by atoms with Gasteiger partial charge in [0, 0.05) is 6.54 Å². The number of hydrogen-bond donors (Lipinski definition) is 2. The average Bonchev–Trinajstić information content (AvgIpc) is 2.32. The standard InChI is InChI=1S/C13H17ClN2O4/c1-13(2,3)20-12(19)15-6-8-4-9(10(18)7-17)16-11(14)5-8/h4-5,17H,6-7H2,1-3H3,(H,15,19). The van der Waals surface area contributed by atoms with Crippen molar-refractivity contribution in [1.29, 1.82) is 0 Å². The molecule has 0 saturated heterocycles. The van der Waals surface area contributed by atoms with Crippen molar-refractivity contribution in [3.63, 3.8) is 0 Å². The number of nitrogens with zero attached hydrogens (tertiary/aromatic N) is 1. The largest absolute Gasteiger partial charge is 0.444 e. The number of aromatic nitrogens is 1. The summed E-state index contributed by atoms with van der Waals surface area (Å²) in [6.45, 7) is 4.77. The Morgan fingerprint density at radius 2 is 2.05 bits per heavy atom. The van der Waals surface area contributed by atoms with Gasteiger partial charge in [0.15, 0.2) is 0 Å². The summed E-state index contributed by atoms with van der Waals surface area (Å²) in [5, 5.41) is 11.5. The van der Waals surface area contributed by atoms with Crippen LogP contribution in [0.5, 0.6) is 0 Å². The molecule has 0 aliphatic heterocycles. The molecule has 6 nitrogen and oxygen atoms in total. The summed E-state index contributed by atoms with van der Waals surface area (Å²) < 4.78 is 5.08. The van der Waals surface area contributed by atoms with Crippen molar-refractivity contribution in [2.45, 2.75) is 32.9 Å². The number of pyridine rings is 1. The van der Waals surface area contributed by atoms with Crippen LogP contribution < -0.4 is 5.32 Å². The lowest BCUT2D eigenvalue weighted by Gasteiger charge is -2.19. The van der Waals surface area contributed by atoms with Crippen LogP contribution in [0.2, 0.25) is 5.15 Å². The Kier molecular flexibility index (Phi) is 5.47. The van der Waals surface area contributed by atoms with Gasteiger partial charge in [0.1, 0.15) is 23.1 Å². The van der Waals surface area contributed by atoms with Crippen molar-refractivity contribution in [2.75, 3.05) is 6.61 Å². The van der Waals surface area contributed by atoms with Crippen LogP contribution in [0.1, 0.15) is 36.8 Å². The Hall–Kier alpha value is -1.66. The van der Waals surface area contributed by atoms with E-state index in [-0.39, 0.29) is 17.4 Å². The fourth-order valence-corrected chi connectivity index (χ4v) is 1.60. The van der Waals surface area contributed by atoms with E-state index in [1.54, 1.807) is 20.8 Å². The van der Waals surface area contributed by atoms with E-state index in [2.05, 4.69) is 10.3 Å². The SMILES string of the molecule is CC(C)(C)OC(=O)NCc1cc(Cl)nc(C(=O)CO)c1. The molecule has 1 amide bonds. The zero-order chi connectivity index (χ0) is 15.3. The summed E-state index contributed by atoms with van der Waals surface area (Å²) in [6, 6.07) is 2.98. The third-order valence-electron chi connectivity index (χ3n) is 2.12. The minimum atomic E-state index is -0.647. The van der Waals surface area contributed by atoms with Crippen molar-refractivity contribution in [1.82, 2.24) is 10.3 Å². The highest BCUT2D eigenvalue weighted by Crippen LogP contribution is 2.12. The molecule has 1 aromatic heterocycles. The number of ether oxygens (including phenoxy) is 1. The van der Waals surface area contributed by atoms with Gasteiger partial charge in [0.25, 0.3) is 0 Å². The van der Waals surface area contributed by atoms with Crippen LogP contribution in [0.15, 0.2) is 12.1 Å². The summed E-state index contributed by atoms with van der Waals surface area (Å²) in [4.78, 5) is 26.7. The minimum absolute atomic E-state index is 0.0565. The molecular formula is C13H17ClN2O4. The fraction of sp³-hybridized carbons (Fsp3) is 0.462. The Morgan fingerprint density at radius 1 is 1.40 bits per heavy atom. The van der Waals surface area contributed by atoms with Crippen LogP contribution in [0, 0.1) is 0 Å². The van der Waals surface area contributed by atoms with Gasteiger partial charge in [-0.1, -0.05) is 11.6 Å². The molecular weight excluding hydrogens is 284 g/mol. The number of amides is 1. The Bertz CT molecular complexity index is 512. The smallest absolute Gasteiger partial charge is 0.407 e. The number of nitrogens with one attached hydrogen (secondary N) is 1. The van der Waals surface area contributed by atoms with E-state index in [1.807, 2.05) is 0 Å². The zero-order valence-electron chi connectivity index (χ0n) is 11.6. The van der Waals surface area contributed by atoms with Crippen molar-refractivity contribution < 1.29 is 19.4 Å². The number of carbonyl (C=O) groups is 2. The highest BCUT2D eigenvalue weighted by Gasteiger charge is 2.16. The highest BCUT2D eigenvalue weighted by atomic mass is 35.5. The van der Waals surface area contributed by atoms with Gasteiger partial charge in [0.2, 0.25) is 5.78 Å². The number of alkyl carbamates (subject to hydrolysis) is 1. The molecule has 7 heteroatoms. The van der Waals surface area contributed by atoms with Gasteiger partial charge in [-0.15, -0.1) is 0 Å². The van der Waals surface area contributed by atoms with Crippen LogP contribution in [-0.4, -0.2) is 34.2 Å². The first-order valence-electron chi connectivity index (χ1n) is 5.98. The fourth-order valence-electron chi connectivity index (χ4n) is 1.36. The van der Waals surface area contributed by atoms with E-state index in [9.17, 15) is 9.59 Å². The number of aliphatic hydroxyl groups excluding tert-OH is 1. The van der Waals surface area contributed by atoms with Crippen molar-refractivity contribution in [3.05, 3.63) is 28.5 Å². The van der Waals surface area contributed by atoms with Crippen LogP contribution in [0.4, 0.5) is 4.79 Å². The molecule has 1 heterocycles. The normalized spacial score (nSPS) is 11.1. The number of hydrogen-bond acceptors (Lipinski definition) is 5. The van der Waals surface area contributed by atoms with Crippen molar-refractivity contribution in [3.8, 4) is 0 Å². The molecule has 2 N–H and O–H groups in total. The number of halogens is 1. The maximum Gasteiger partial charge on any atom is 0.407 e. The molecule has 0 bridgehead atoms.